The molecule has 0 aromatic carbocycles. The Bertz CT molecular complexity index is 198. The summed E-state index contributed by atoms with van der Waals surface area (Å²) in [5.41, 5.74) is 0. The number of nitrogens with one attached hydrogen (secondary N) is 1. The minimum Gasteiger partial charge on any atom is -0.395 e. The van der Waals surface area contributed by atoms with E-state index in [9.17, 15) is 9.90 Å². The van der Waals surface area contributed by atoms with E-state index in [1.165, 1.54) is 6.92 Å². The molecule has 1 rings (SSSR count). The third-order valence-electron chi connectivity index (χ3n) is 2.48. The van der Waals surface area contributed by atoms with E-state index in [4.69, 9.17) is 5.11 Å². The Kier molecular flexibility index (Phi) is 4.31. The Morgan fingerprint density at radius 2 is 2.36 bits per heavy atom. The minimum atomic E-state index is -0.333. The van der Waals surface area contributed by atoms with Crippen LogP contribution in [0.3, 0.4) is 0 Å². The first-order chi connectivity index (χ1) is 6.63. The predicted molar refractivity (Wildman–Crippen MR) is 51.8 cm³/mol. The smallest absolute Gasteiger partial charge is 0.216 e. The summed E-state index contributed by atoms with van der Waals surface area (Å²) in [4.78, 5) is 12.7. The molecule has 0 saturated carbocycles. The molecule has 14 heavy (non-hydrogen) atoms. The Hall–Kier alpha value is -0.650. The highest BCUT2D eigenvalue weighted by molar-refractivity contribution is 5.72. The molecule has 1 amide bonds. The number of rotatable bonds is 4. The van der Waals surface area contributed by atoms with Gasteiger partial charge in [-0.15, -0.1) is 0 Å². The summed E-state index contributed by atoms with van der Waals surface area (Å²) in [6.07, 6.45) is 0.334. The van der Waals surface area contributed by atoms with Crippen LogP contribution in [0.4, 0.5) is 0 Å². The van der Waals surface area contributed by atoms with Gasteiger partial charge in [0.05, 0.1) is 12.7 Å². The predicted octanol–water partition coefficient (Wildman–Crippen LogP) is -1.45. The van der Waals surface area contributed by atoms with Gasteiger partial charge >= 0.3 is 0 Å². The van der Waals surface area contributed by atoms with Crippen LogP contribution < -0.4 is 5.32 Å². The zero-order valence-electron chi connectivity index (χ0n) is 8.44. The van der Waals surface area contributed by atoms with Crippen molar-refractivity contribution in [3.05, 3.63) is 0 Å². The largest absolute Gasteiger partial charge is 0.395 e. The molecular formula is C9H18N2O3. The molecule has 5 nitrogen and oxygen atoms in total. The molecule has 0 aliphatic carbocycles. The summed E-state index contributed by atoms with van der Waals surface area (Å²) in [5.74, 6) is -0.0599. The van der Waals surface area contributed by atoms with Crippen molar-refractivity contribution < 1.29 is 15.0 Å². The van der Waals surface area contributed by atoms with E-state index < -0.39 is 0 Å². The number of carbonyl (C=O) groups excluding carboxylic acids is 1. The Morgan fingerprint density at radius 1 is 1.64 bits per heavy atom. The molecular weight excluding hydrogens is 184 g/mol. The topological polar surface area (TPSA) is 72.8 Å². The van der Waals surface area contributed by atoms with E-state index in [-0.39, 0.29) is 24.7 Å². The van der Waals surface area contributed by atoms with Gasteiger partial charge in [0.2, 0.25) is 5.91 Å². The van der Waals surface area contributed by atoms with E-state index in [2.05, 4.69) is 5.32 Å². The lowest BCUT2D eigenvalue weighted by Gasteiger charge is -2.22. The summed E-state index contributed by atoms with van der Waals surface area (Å²) in [7, 11) is 0. The van der Waals surface area contributed by atoms with Gasteiger partial charge in [-0.3, -0.25) is 9.69 Å². The third-order valence-corrected chi connectivity index (χ3v) is 2.48. The molecule has 0 aromatic rings. The molecule has 0 bridgehead atoms. The van der Waals surface area contributed by atoms with E-state index in [1.807, 2.05) is 4.90 Å². The van der Waals surface area contributed by atoms with Crippen LogP contribution in [0, 0.1) is 0 Å². The van der Waals surface area contributed by atoms with Crippen LogP contribution in [0.1, 0.15) is 13.3 Å². The second-order valence-electron chi connectivity index (χ2n) is 3.70. The molecule has 0 unspecified atom stereocenters. The molecule has 0 radical (unpaired) electrons. The molecule has 1 aliphatic heterocycles. The minimum absolute atomic E-state index is 0.0599. The van der Waals surface area contributed by atoms with Gasteiger partial charge in [-0.25, -0.2) is 0 Å². The molecule has 82 valence electrons. The lowest BCUT2D eigenvalue weighted by Crippen LogP contribution is -2.40. The first-order valence-electron chi connectivity index (χ1n) is 4.91. The van der Waals surface area contributed by atoms with Crippen molar-refractivity contribution >= 4 is 5.91 Å². The summed E-state index contributed by atoms with van der Waals surface area (Å²) in [5, 5.41) is 20.9. The summed E-state index contributed by atoms with van der Waals surface area (Å²) in [6, 6.07) is 0.154. The van der Waals surface area contributed by atoms with Crippen molar-refractivity contribution in [2.75, 3.05) is 26.2 Å². The second-order valence-corrected chi connectivity index (χ2v) is 3.70. The van der Waals surface area contributed by atoms with Crippen LogP contribution in [0.2, 0.25) is 0 Å². The highest BCUT2D eigenvalue weighted by Crippen LogP contribution is 2.16. The van der Waals surface area contributed by atoms with Crippen LogP contribution in [0.5, 0.6) is 0 Å². The molecule has 1 heterocycles. The number of carbonyl (C=O) groups is 1. The molecule has 0 spiro atoms. The first kappa shape index (κ1) is 11.4. The van der Waals surface area contributed by atoms with Crippen LogP contribution in [0.25, 0.3) is 0 Å². The Morgan fingerprint density at radius 3 is 2.93 bits per heavy atom. The van der Waals surface area contributed by atoms with E-state index in [0.29, 0.717) is 26.1 Å². The maximum Gasteiger partial charge on any atom is 0.216 e. The third kappa shape index (κ3) is 3.25. The Balaban J connectivity index is 2.36. The van der Waals surface area contributed by atoms with Gasteiger partial charge in [-0.1, -0.05) is 0 Å². The van der Waals surface area contributed by atoms with E-state index in [0.717, 1.165) is 0 Å². The van der Waals surface area contributed by atoms with Gasteiger partial charge in [0.1, 0.15) is 0 Å². The fourth-order valence-electron chi connectivity index (χ4n) is 1.83. The standard InChI is InChI=1S/C9H18N2O3/c1-7(13)10-5-8-4-9(14)6-11(8)2-3-12/h8-9,12,14H,2-6H2,1H3,(H,10,13)/t8-,9+/m0/s1. The van der Waals surface area contributed by atoms with Crippen molar-refractivity contribution in [2.24, 2.45) is 0 Å². The maximum atomic E-state index is 10.7. The van der Waals surface area contributed by atoms with Gasteiger partial charge in [0, 0.05) is 32.6 Å². The first-order valence-corrected chi connectivity index (χ1v) is 4.91. The summed E-state index contributed by atoms with van der Waals surface area (Å²) < 4.78 is 0. The van der Waals surface area contributed by atoms with Crippen LogP contribution in [0.15, 0.2) is 0 Å². The fourth-order valence-corrected chi connectivity index (χ4v) is 1.83. The van der Waals surface area contributed by atoms with Gasteiger partial charge in [-0.2, -0.15) is 0 Å². The van der Waals surface area contributed by atoms with Crippen molar-refractivity contribution in [1.29, 1.82) is 0 Å². The van der Waals surface area contributed by atoms with Gasteiger partial charge in [0.25, 0.3) is 0 Å². The molecule has 3 N–H and O–H groups in total. The lowest BCUT2D eigenvalue weighted by molar-refractivity contribution is -0.119. The van der Waals surface area contributed by atoms with Gasteiger partial charge < -0.3 is 15.5 Å². The van der Waals surface area contributed by atoms with Crippen LogP contribution >= 0.6 is 0 Å². The SMILES string of the molecule is CC(=O)NC[C@@H]1C[C@@H](O)CN1CCO. The monoisotopic (exact) mass is 202 g/mol. The van der Waals surface area contributed by atoms with E-state index >= 15 is 0 Å². The van der Waals surface area contributed by atoms with Gasteiger partial charge in [-0.05, 0) is 6.42 Å². The van der Waals surface area contributed by atoms with Crippen LogP contribution in [-0.4, -0.2) is 59.4 Å². The highest BCUT2D eigenvalue weighted by atomic mass is 16.3. The normalized spacial score (nSPS) is 27.9. The number of amides is 1. The number of nitrogens with zero attached hydrogens (tertiary/aromatic N) is 1. The lowest BCUT2D eigenvalue weighted by atomic mass is 10.2. The molecule has 1 aliphatic rings. The zero-order valence-corrected chi connectivity index (χ0v) is 8.44. The van der Waals surface area contributed by atoms with E-state index in [1.54, 1.807) is 0 Å². The average molecular weight is 202 g/mol. The van der Waals surface area contributed by atoms with Crippen molar-refractivity contribution in [2.45, 2.75) is 25.5 Å². The van der Waals surface area contributed by atoms with Crippen molar-refractivity contribution in [1.82, 2.24) is 10.2 Å². The van der Waals surface area contributed by atoms with Gasteiger partial charge in [0.15, 0.2) is 0 Å². The number of aliphatic hydroxyl groups is 2. The molecule has 2 atom stereocenters. The van der Waals surface area contributed by atoms with Crippen LogP contribution in [-0.2, 0) is 4.79 Å². The second kappa shape index (κ2) is 5.29. The molecule has 0 aromatic heterocycles. The highest BCUT2D eigenvalue weighted by Gasteiger charge is 2.30. The number of aliphatic hydroxyl groups excluding tert-OH is 2. The molecule has 5 heteroatoms. The Labute approximate surface area is 83.7 Å². The zero-order chi connectivity index (χ0) is 10.6. The maximum absolute atomic E-state index is 10.7. The summed E-state index contributed by atoms with van der Waals surface area (Å²) >= 11 is 0. The average Bonchev–Trinajstić information content (AvgIpc) is 2.44. The van der Waals surface area contributed by atoms with Crippen molar-refractivity contribution in [3.8, 4) is 0 Å². The fraction of sp³-hybridized carbons (Fsp3) is 0.889. The number of β-amino-alcohol motifs (C(OH)–C–C–N with tert-alkyl or cyclic N) is 2. The number of hydrogen-bond acceptors (Lipinski definition) is 4. The number of likely N-dealkylation sites (tertiary alicyclic amines) is 1. The molecule has 1 saturated heterocycles. The summed E-state index contributed by atoms with van der Waals surface area (Å²) in [6.45, 7) is 3.25. The number of hydrogen-bond donors (Lipinski definition) is 3. The van der Waals surface area contributed by atoms with Crippen molar-refractivity contribution in [3.63, 3.8) is 0 Å². The quantitative estimate of drug-likeness (QED) is 0.521. The molecule has 1 fully saturated rings.